The second-order valence-electron chi connectivity index (χ2n) is 7.04. The third-order valence-electron chi connectivity index (χ3n) is 4.64. The molecule has 0 aliphatic rings. The zero-order chi connectivity index (χ0) is 18.0. The summed E-state index contributed by atoms with van der Waals surface area (Å²) in [4.78, 5) is 0. The molecule has 2 nitrogen and oxygen atoms in total. The largest absolute Gasteiger partial charge is 0.386 e. The Morgan fingerprint density at radius 2 is 1.76 bits per heavy atom. The summed E-state index contributed by atoms with van der Waals surface area (Å²) in [5.41, 5.74) is 1.48. The maximum atomic E-state index is 14.1. The maximum Gasteiger partial charge on any atom is 0.127 e. The van der Waals surface area contributed by atoms with Gasteiger partial charge in [-0.2, -0.15) is 0 Å². The van der Waals surface area contributed by atoms with E-state index in [1.54, 1.807) is 26.0 Å². The standard InChI is InChI=1S/C22H24FNO/c1-15(19-10-6-8-16-7-4-5-9-20(16)19)24-14-17-13-18(22(2,3)25)11-12-21(17)23/h4-13,15,24-25H,14H2,1-3H3/t15-/m1/s1. The van der Waals surface area contributed by atoms with Gasteiger partial charge >= 0.3 is 0 Å². The van der Waals surface area contributed by atoms with E-state index >= 15 is 0 Å². The molecule has 0 aromatic heterocycles. The minimum absolute atomic E-state index is 0.0799. The van der Waals surface area contributed by atoms with Crippen LogP contribution in [0.2, 0.25) is 0 Å². The number of hydrogen-bond acceptors (Lipinski definition) is 2. The van der Waals surface area contributed by atoms with E-state index in [4.69, 9.17) is 0 Å². The Morgan fingerprint density at radius 3 is 2.52 bits per heavy atom. The van der Waals surface area contributed by atoms with Crippen LogP contribution in [-0.4, -0.2) is 5.11 Å². The zero-order valence-corrected chi connectivity index (χ0v) is 14.9. The smallest absolute Gasteiger partial charge is 0.127 e. The van der Waals surface area contributed by atoms with Gasteiger partial charge in [-0.25, -0.2) is 4.39 Å². The molecule has 3 aromatic rings. The predicted molar refractivity (Wildman–Crippen MR) is 101 cm³/mol. The first-order chi connectivity index (χ1) is 11.9. The molecule has 0 spiro atoms. The van der Waals surface area contributed by atoms with Crippen LogP contribution in [0.15, 0.2) is 60.7 Å². The highest BCUT2D eigenvalue weighted by Crippen LogP contribution is 2.25. The molecule has 0 saturated heterocycles. The van der Waals surface area contributed by atoms with Crippen molar-refractivity contribution in [3.05, 3.63) is 83.2 Å². The van der Waals surface area contributed by atoms with E-state index in [1.807, 2.05) is 18.2 Å². The van der Waals surface area contributed by atoms with Crippen LogP contribution in [0.25, 0.3) is 10.8 Å². The molecule has 3 heteroatoms. The Kier molecular flexibility index (Phi) is 4.89. The summed E-state index contributed by atoms with van der Waals surface area (Å²) < 4.78 is 14.1. The Balaban J connectivity index is 1.81. The molecule has 0 saturated carbocycles. The quantitative estimate of drug-likeness (QED) is 0.682. The van der Waals surface area contributed by atoms with Crippen LogP contribution in [0, 0.1) is 5.82 Å². The van der Waals surface area contributed by atoms with E-state index < -0.39 is 5.60 Å². The van der Waals surface area contributed by atoms with E-state index in [9.17, 15) is 9.50 Å². The number of halogens is 1. The highest BCUT2D eigenvalue weighted by Gasteiger charge is 2.18. The number of aliphatic hydroxyl groups is 1. The number of rotatable bonds is 5. The van der Waals surface area contributed by atoms with Gasteiger partial charge in [-0.05, 0) is 54.8 Å². The molecule has 0 radical (unpaired) electrons. The molecule has 3 rings (SSSR count). The average molecular weight is 337 g/mol. The van der Waals surface area contributed by atoms with Gasteiger partial charge in [-0.15, -0.1) is 0 Å². The molecule has 0 bridgehead atoms. The van der Waals surface area contributed by atoms with E-state index in [0.29, 0.717) is 17.7 Å². The summed E-state index contributed by atoms with van der Waals surface area (Å²) >= 11 is 0. The van der Waals surface area contributed by atoms with Crippen molar-refractivity contribution in [1.82, 2.24) is 5.32 Å². The van der Waals surface area contributed by atoms with E-state index in [-0.39, 0.29) is 11.9 Å². The van der Waals surface area contributed by atoms with Crippen LogP contribution in [-0.2, 0) is 12.1 Å². The summed E-state index contributed by atoms with van der Waals surface area (Å²) in [5, 5.41) is 15.9. The molecule has 0 fully saturated rings. The van der Waals surface area contributed by atoms with Crippen LogP contribution in [0.1, 0.15) is 43.5 Å². The predicted octanol–water partition coefficient (Wildman–Crippen LogP) is 5.06. The SMILES string of the molecule is C[C@@H](NCc1cc(C(C)(C)O)ccc1F)c1cccc2ccccc12. The zero-order valence-electron chi connectivity index (χ0n) is 14.9. The highest BCUT2D eigenvalue weighted by atomic mass is 19.1. The molecule has 0 aliphatic heterocycles. The molecule has 2 N–H and O–H groups in total. The van der Waals surface area contributed by atoms with Gasteiger partial charge in [0.2, 0.25) is 0 Å². The van der Waals surface area contributed by atoms with Crippen molar-refractivity contribution in [2.45, 2.75) is 39.0 Å². The number of benzene rings is 3. The Morgan fingerprint density at radius 1 is 1.04 bits per heavy atom. The van der Waals surface area contributed by atoms with Gasteiger partial charge in [0.05, 0.1) is 5.60 Å². The minimum atomic E-state index is -0.982. The van der Waals surface area contributed by atoms with Crippen LogP contribution >= 0.6 is 0 Å². The molecule has 0 aliphatic carbocycles. The number of nitrogens with one attached hydrogen (secondary N) is 1. The number of hydrogen-bond donors (Lipinski definition) is 2. The second-order valence-corrected chi connectivity index (χ2v) is 7.04. The minimum Gasteiger partial charge on any atom is -0.386 e. The Hall–Kier alpha value is -2.23. The third-order valence-corrected chi connectivity index (χ3v) is 4.64. The van der Waals surface area contributed by atoms with Gasteiger partial charge in [-0.1, -0.05) is 48.5 Å². The van der Waals surface area contributed by atoms with Crippen molar-refractivity contribution in [2.24, 2.45) is 0 Å². The molecule has 3 aromatic carbocycles. The van der Waals surface area contributed by atoms with Crippen molar-refractivity contribution >= 4 is 10.8 Å². The van der Waals surface area contributed by atoms with Gasteiger partial charge in [-0.3, -0.25) is 0 Å². The fraction of sp³-hybridized carbons (Fsp3) is 0.273. The normalized spacial score (nSPS) is 13.2. The van der Waals surface area contributed by atoms with Gasteiger partial charge in [0.25, 0.3) is 0 Å². The van der Waals surface area contributed by atoms with Crippen LogP contribution in [0.4, 0.5) is 4.39 Å². The van der Waals surface area contributed by atoms with Gasteiger partial charge in [0, 0.05) is 18.2 Å². The van der Waals surface area contributed by atoms with Crippen molar-refractivity contribution in [1.29, 1.82) is 0 Å². The first-order valence-electron chi connectivity index (χ1n) is 8.58. The first-order valence-corrected chi connectivity index (χ1v) is 8.58. The Labute approximate surface area is 148 Å². The van der Waals surface area contributed by atoms with Gasteiger partial charge in [0.15, 0.2) is 0 Å². The van der Waals surface area contributed by atoms with E-state index in [2.05, 4.69) is 36.5 Å². The van der Waals surface area contributed by atoms with E-state index in [1.165, 1.54) is 22.4 Å². The summed E-state index contributed by atoms with van der Waals surface area (Å²) in [6.45, 7) is 5.89. The molecule has 130 valence electrons. The van der Waals surface area contributed by atoms with Gasteiger partial charge in [0.1, 0.15) is 5.82 Å². The fourth-order valence-corrected chi connectivity index (χ4v) is 3.09. The van der Waals surface area contributed by atoms with Crippen LogP contribution in [0.5, 0.6) is 0 Å². The Bertz CT molecular complexity index is 877. The lowest BCUT2D eigenvalue weighted by molar-refractivity contribution is 0.0784. The first kappa shape index (κ1) is 17.6. The van der Waals surface area contributed by atoms with Crippen LogP contribution < -0.4 is 5.32 Å². The third kappa shape index (κ3) is 3.89. The van der Waals surface area contributed by atoms with Gasteiger partial charge < -0.3 is 10.4 Å². The summed E-state index contributed by atoms with van der Waals surface area (Å²) in [5.74, 6) is -0.259. The molecular weight excluding hydrogens is 313 g/mol. The van der Waals surface area contributed by atoms with Crippen molar-refractivity contribution < 1.29 is 9.50 Å². The summed E-state index contributed by atoms with van der Waals surface area (Å²) in [7, 11) is 0. The second kappa shape index (κ2) is 6.95. The lowest BCUT2D eigenvalue weighted by Gasteiger charge is -2.20. The highest BCUT2D eigenvalue weighted by molar-refractivity contribution is 5.86. The summed E-state index contributed by atoms with van der Waals surface area (Å²) in [6.07, 6.45) is 0. The lowest BCUT2D eigenvalue weighted by atomic mass is 9.96. The lowest BCUT2D eigenvalue weighted by Crippen LogP contribution is -2.21. The average Bonchev–Trinajstić information content (AvgIpc) is 2.59. The molecule has 0 amide bonds. The monoisotopic (exact) mass is 337 g/mol. The van der Waals surface area contributed by atoms with Crippen LogP contribution in [0.3, 0.4) is 0 Å². The molecule has 1 atom stereocenters. The van der Waals surface area contributed by atoms with Crippen molar-refractivity contribution in [2.75, 3.05) is 0 Å². The molecule has 0 heterocycles. The molecule has 25 heavy (non-hydrogen) atoms. The summed E-state index contributed by atoms with van der Waals surface area (Å²) in [6, 6.07) is 19.4. The van der Waals surface area contributed by atoms with E-state index in [0.717, 1.165) is 0 Å². The maximum absolute atomic E-state index is 14.1. The topological polar surface area (TPSA) is 32.3 Å². The number of fused-ring (bicyclic) bond motifs is 1. The molecule has 0 unspecified atom stereocenters. The van der Waals surface area contributed by atoms with Crippen molar-refractivity contribution in [3.63, 3.8) is 0 Å². The van der Waals surface area contributed by atoms with Crippen molar-refractivity contribution in [3.8, 4) is 0 Å². The fourth-order valence-electron chi connectivity index (χ4n) is 3.09. The molecular formula is C22H24FNO.